The second-order valence-corrected chi connectivity index (χ2v) is 18.9. The number of imide groups is 2. The van der Waals surface area contributed by atoms with Crippen LogP contribution in [0.3, 0.4) is 0 Å². The summed E-state index contributed by atoms with van der Waals surface area (Å²) in [7, 11) is 0. The van der Waals surface area contributed by atoms with E-state index in [0.717, 1.165) is 30.6 Å². The molecule has 3 atom stereocenters. The Balaban J connectivity index is 0.793. The maximum absolute atomic E-state index is 13.3. The van der Waals surface area contributed by atoms with Gasteiger partial charge in [-0.15, -0.1) is 11.8 Å². The van der Waals surface area contributed by atoms with Gasteiger partial charge in [-0.1, -0.05) is 31.0 Å². The molecule has 3 fully saturated rings. The van der Waals surface area contributed by atoms with Crippen LogP contribution >= 0.6 is 11.8 Å². The van der Waals surface area contributed by atoms with Crippen LogP contribution in [-0.4, -0.2) is 185 Å². The Morgan fingerprint density at radius 1 is 0.681 bits per heavy atom. The Hall–Kier alpha value is -5.46. The Kier molecular flexibility index (Phi) is 26.0. The largest absolute Gasteiger partial charge is 0.447 e. The summed E-state index contributed by atoms with van der Waals surface area (Å²) in [5.74, 6) is -1.33. The minimum atomic E-state index is -0.778. The van der Waals surface area contributed by atoms with Gasteiger partial charge in [-0.2, -0.15) is 0 Å². The lowest BCUT2D eigenvalue weighted by molar-refractivity contribution is -0.140. The number of para-hydroxylation sites is 1. The monoisotopic (exact) mass is 1030 g/mol. The van der Waals surface area contributed by atoms with E-state index < -0.39 is 35.2 Å². The molecule has 4 aliphatic rings. The van der Waals surface area contributed by atoms with Crippen molar-refractivity contribution < 1.29 is 71.6 Å². The Labute approximate surface area is 424 Å². The van der Waals surface area contributed by atoms with E-state index in [-0.39, 0.29) is 86.4 Å². The third-order valence-corrected chi connectivity index (χ3v) is 13.6. The molecule has 23 heteroatoms. The normalized spacial score (nSPS) is 20.2. The number of carbonyl (C=O) groups excluding carboxylic acids is 9. The zero-order valence-electron chi connectivity index (χ0n) is 40.9. The maximum Gasteiger partial charge on any atom is 0.407 e. The number of likely N-dealkylation sites (tertiary alicyclic amines) is 1. The zero-order chi connectivity index (χ0) is 51.3. The second kappa shape index (κ2) is 32.6. The van der Waals surface area contributed by atoms with Crippen molar-refractivity contribution in [3.8, 4) is 0 Å². The third kappa shape index (κ3) is 20.9. The molecule has 1 aliphatic carbocycles. The van der Waals surface area contributed by atoms with Crippen LogP contribution in [0.15, 0.2) is 42.5 Å². The molecule has 1 aromatic rings. The average molecular weight is 1030 g/mol. The van der Waals surface area contributed by atoms with E-state index in [1.54, 1.807) is 24.3 Å². The lowest BCUT2D eigenvalue weighted by Gasteiger charge is -2.30. The molecule has 72 heavy (non-hydrogen) atoms. The van der Waals surface area contributed by atoms with Crippen LogP contribution in [0.5, 0.6) is 0 Å². The van der Waals surface area contributed by atoms with Crippen LogP contribution in [0.2, 0.25) is 0 Å². The summed E-state index contributed by atoms with van der Waals surface area (Å²) in [4.78, 5) is 114. The highest BCUT2D eigenvalue weighted by atomic mass is 32.2. The number of nitrogens with one attached hydrogen (secondary N) is 5. The Bertz CT molecular complexity index is 1950. The van der Waals surface area contributed by atoms with Gasteiger partial charge < -0.3 is 55.0 Å². The molecule has 5 rings (SSSR count). The van der Waals surface area contributed by atoms with Crippen molar-refractivity contribution in [1.29, 1.82) is 0 Å². The van der Waals surface area contributed by atoms with Gasteiger partial charge in [0.1, 0.15) is 18.7 Å². The van der Waals surface area contributed by atoms with E-state index in [2.05, 4.69) is 26.6 Å². The number of anilines is 1. The molecule has 0 aromatic heterocycles. The van der Waals surface area contributed by atoms with Crippen LogP contribution in [0.25, 0.3) is 0 Å². The fraction of sp³-hybridized carbons (Fsp3) is 0.653. The van der Waals surface area contributed by atoms with E-state index >= 15 is 0 Å². The molecule has 1 unspecified atom stereocenters. The van der Waals surface area contributed by atoms with Crippen molar-refractivity contribution in [1.82, 2.24) is 31.1 Å². The molecule has 0 radical (unpaired) electrons. The van der Waals surface area contributed by atoms with Crippen molar-refractivity contribution in [2.75, 3.05) is 110 Å². The summed E-state index contributed by atoms with van der Waals surface area (Å²) >= 11 is 1.48. The average Bonchev–Trinajstić information content (AvgIpc) is 4.04. The number of hydrogen-bond donors (Lipinski definition) is 5. The molecule has 398 valence electrons. The molecular formula is C49H71N7O15S. The molecule has 2 saturated heterocycles. The number of carbonyl (C=O) groups is 9. The minimum absolute atomic E-state index is 0.0158. The van der Waals surface area contributed by atoms with Crippen molar-refractivity contribution in [3.63, 3.8) is 0 Å². The quantitative estimate of drug-likeness (QED) is 0.0476. The number of unbranched alkanes of at least 4 members (excludes halogenated alkanes) is 2. The van der Waals surface area contributed by atoms with Gasteiger partial charge in [-0.3, -0.25) is 48.2 Å². The summed E-state index contributed by atoms with van der Waals surface area (Å²) in [5.41, 5.74) is 0.619. The number of nitrogens with zero attached hydrogens (tertiary/aromatic N) is 2. The van der Waals surface area contributed by atoms with Gasteiger partial charge in [0, 0.05) is 62.8 Å². The fourth-order valence-corrected chi connectivity index (χ4v) is 9.52. The molecule has 1 aromatic carbocycles. The minimum Gasteiger partial charge on any atom is -0.447 e. The standard InChI is InChI=1S/C49H71N7O15S/c57-41-15-14-39(53-41)47(63)54-38(46(62)52-37-7-3-1-4-8-37)9-5-2-6-32-72-40-33-44(60)56(48(40)64)34-35-10-12-36(13-11-35)45(61)50-19-21-66-22-23-67-24-25-68-26-27-69-28-29-70-30-31-71-49(65)51-18-20-55-42(58)16-17-43(55)59/h1,3-4,7-8,16-17,35-36,38-40H,2,5-6,9-15,18-34H2,(H,50,61)(H,51,65)(H,52,62)(H,53,57)(H,54,63)/t35?,36?,38-,39+,40?/m0/s1. The molecule has 3 aliphatic heterocycles. The smallest absolute Gasteiger partial charge is 0.407 e. The van der Waals surface area contributed by atoms with E-state index in [0.29, 0.717) is 116 Å². The van der Waals surface area contributed by atoms with Crippen LogP contribution in [-0.2, 0) is 66.8 Å². The lowest BCUT2D eigenvalue weighted by Crippen LogP contribution is -2.50. The molecule has 1 saturated carbocycles. The highest BCUT2D eigenvalue weighted by molar-refractivity contribution is 8.00. The highest BCUT2D eigenvalue weighted by Gasteiger charge is 2.40. The van der Waals surface area contributed by atoms with Crippen LogP contribution in [0.4, 0.5) is 10.5 Å². The van der Waals surface area contributed by atoms with Crippen LogP contribution < -0.4 is 26.6 Å². The first kappa shape index (κ1) is 57.4. The van der Waals surface area contributed by atoms with Crippen LogP contribution in [0.1, 0.15) is 70.6 Å². The zero-order valence-corrected chi connectivity index (χ0v) is 41.8. The van der Waals surface area contributed by atoms with Gasteiger partial charge in [0.2, 0.25) is 35.4 Å². The summed E-state index contributed by atoms with van der Waals surface area (Å²) in [6, 6.07) is 7.56. The Morgan fingerprint density at radius 2 is 1.31 bits per heavy atom. The molecule has 9 amide bonds. The summed E-state index contributed by atoms with van der Waals surface area (Å²) in [6.45, 7) is 4.44. The predicted octanol–water partition coefficient (Wildman–Crippen LogP) is 1.47. The fourth-order valence-electron chi connectivity index (χ4n) is 8.33. The van der Waals surface area contributed by atoms with E-state index in [1.165, 1.54) is 28.8 Å². The van der Waals surface area contributed by atoms with Gasteiger partial charge >= 0.3 is 6.09 Å². The summed E-state index contributed by atoms with van der Waals surface area (Å²) < 4.78 is 32.3. The molecule has 0 spiro atoms. The van der Waals surface area contributed by atoms with Crippen molar-refractivity contribution >= 4 is 70.8 Å². The number of thioether (sulfide) groups is 1. The third-order valence-electron chi connectivity index (χ3n) is 12.3. The first-order chi connectivity index (χ1) is 35.0. The molecule has 0 bridgehead atoms. The number of ether oxygens (including phenoxy) is 6. The molecular weight excluding hydrogens is 959 g/mol. The van der Waals surface area contributed by atoms with Gasteiger partial charge in [0.25, 0.3) is 11.8 Å². The van der Waals surface area contributed by atoms with Gasteiger partial charge in [0.05, 0.1) is 71.3 Å². The summed E-state index contributed by atoms with van der Waals surface area (Å²) in [6.07, 6.45) is 8.01. The number of benzene rings is 1. The predicted molar refractivity (Wildman–Crippen MR) is 262 cm³/mol. The van der Waals surface area contributed by atoms with Gasteiger partial charge in [-0.05, 0) is 68.7 Å². The van der Waals surface area contributed by atoms with Crippen molar-refractivity contribution in [3.05, 3.63) is 42.5 Å². The van der Waals surface area contributed by atoms with E-state index in [1.807, 2.05) is 6.07 Å². The molecule has 22 nitrogen and oxygen atoms in total. The van der Waals surface area contributed by atoms with Crippen molar-refractivity contribution in [2.45, 2.75) is 88.0 Å². The van der Waals surface area contributed by atoms with E-state index in [4.69, 9.17) is 28.4 Å². The maximum atomic E-state index is 13.3. The molecule has 5 N–H and O–H groups in total. The Morgan fingerprint density at radius 3 is 1.93 bits per heavy atom. The molecule has 3 heterocycles. The number of amides is 9. The lowest BCUT2D eigenvalue weighted by atomic mass is 9.81. The second-order valence-electron chi connectivity index (χ2n) is 17.6. The first-order valence-corrected chi connectivity index (χ1v) is 26.1. The topological polar surface area (TPSA) is 276 Å². The van der Waals surface area contributed by atoms with Gasteiger partial charge in [-0.25, -0.2) is 4.79 Å². The van der Waals surface area contributed by atoms with Gasteiger partial charge in [0.15, 0.2) is 0 Å². The van der Waals surface area contributed by atoms with Crippen molar-refractivity contribution in [2.24, 2.45) is 11.8 Å². The number of alkyl carbamates (subject to hydrolysis) is 1. The SMILES string of the molecule is O=C1CC[C@H](C(=O)N[C@@H](CCCCCSC2CC(=O)N(CC3CCC(C(=O)NCCOCCOCCOCCOCCOCCOC(=O)NCCN4C(=O)C=CC4=O)CC3)C2=O)C(=O)Nc2ccccc2)N1. The number of hydrogen-bond acceptors (Lipinski definition) is 16. The van der Waals surface area contributed by atoms with Crippen LogP contribution in [0, 0.1) is 11.8 Å². The van der Waals surface area contributed by atoms with E-state index in [9.17, 15) is 43.2 Å². The summed E-state index contributed by atoms with van der Waals surface area (Å²) in [5, 5.41) is 13.3. The number of rotatable bonds is 35. The first-order valence-electron chi connectivity index (χ1n) is 25.0. The highest BCUT2D eigenvalue weighted by Crippen LogP contribution is 2.33.